The Morgan fingerprint density at radius 1 is 1.30 bits per heavy atom. The topological polar surface area (TPSA) is 102 Å². The third-order valence-corrected chi connectivity index (χ3v) is 3.67. The lowest BCUT2D eigenvalue weighted by atomic mass is 9.82. The maximum Gasteiger partial charge on any atom is 0.407 e. The Morgan fingerprint density at radius 2 is 1.80 bits per heavy atom. The van der Waals surface area contributed by atoms with E-state index >= 15 is 0 Å². The van der Waals surface area contributed by atoms with E-state index < -0.39 is 29.1 Å². The van der Waals surface area contributed by atoms with Gasteiger partial charge in [-0.3, -0.25) is 4.79 Å². The minimum absolute atomic E-state index is 0.0791. The first-order chi connectivity index (χ1) is 8.99. The number of hydrogen-bond donors (Lipinski definition) is 3. The van der Waals surface area contributed by atoms with Gasteiger partial charge in [-0.05, 0) is 39.5 Å². The number of nitrogens with two attached hydrogens (primary N) is 1. The predicted molar refractivity (Wildman–Crippen MR) is 75.3 cm³/mol. The zero-order valence-electron chi connectivity index (χ0n) is 12.9. The van der Waals surface area contributed by atoms with Gasteiger partial charge in [0, 0.05) is 11.5 Å². The fourth-order valence-corrected chi connectivity index (χ4v) is 2.61. The molecule has 6 nitrogen and oxygen atoms in total. The summed E-state index contributed by atoms with van der Waals surface area (Å²) >= 11 is 0. The minimum atomic E-state index is -1.03. The molecule has 0 aromatic carbocycles. The Kier molecular flexibility index (Phi) is 4.69. The molecule has 2 atom stereocenters. The maximum atomic E-state index is 11.9. The van der Waals surface area contributed by atoms with Crippen LogP contribution in [0.5, 0.6) is 0 Å². The SMILES string of the molecule is CC(C)C(NC(=O)OC(C)(C)C)C1(C(N)C(=O)O)CC1. The lowest BCUT2D eigenvalue weighted by Gasteiger charge is -2.34. The molecule has 1 rings (SSSR count). The van der Waals surface area contributed by atoms with Gasteiger partial charge in [0.05, 0.1) is 0 Å². The molecule has 1 amide bonds. The van der Waals surface area contributed by atoms with Crippen LogP contribution in [0.25, 0.3) is 0 Å². The van der Waals surface area contributed by atoms with Crippen LogP contribution < -0.4 is 11.1 Å². The second-order valence-electron chi connectivity index (χ2n) is 6.92. The summed E-state index contributed by atoms with van der Waals surface area (Å²) in [5, 5.41) is 11.9. The Bertz CT molecular complexity index is 383. The van der Waals surface area contributed by atoms with Gasteiger partial charge in [-0.2, -0.15) is 0 Å². The van der Waals surface area contributed by atoms with E-state index in [2.05, 4.69) is 5.32 Å². The van der Waals surface area contributed by atoms with Crippen molar-refractivity contribution in [2.24, 2.45) is 17.1 Å². The number of nitrogens with one attached hydrogen (secondary N) is 1. The Morgan fingerprint density at radius 3 is 2.10 bits per heavy atom. The zero-order chi connectivity index (χ0) is 15.7. The molecule has 0 aromatic heterocycles. The highest BCUT2D eigenvalue weighted by atomic mass is 16.6. The number of carboxylic acids is 1. The van der Waals surface area contributed by atoms with E-state index in [-0.39, 0.29) is 12.0 Å². The third kappa shape index (κ3) is 3.85. The van der Waals surface area contributed by atoms with E-state index in [0.29, 0.717) is 12.8 Å². The summed E-state index contributed by atoms with van der Waals surface area (Å²) in [6.45, 7) is 9.24. The van der Waals surface area contributed by atoms with E-state index in [1.165, 1.54) is 0 Å². The van der Waals surface area contributed by atoms with Crippen molar-refractivity contribution in [3.63, 3.8) is 0 Å². The third-order valence-electron chi connectivity index (χ3n) is 3.67. The van der Waals surface area contributed by atoms with Crippen LogP contribution in [0.1, 0.15) is 47.5 Å². The lowest BCUT2D eigenvalue weighted by molar-refractivity contribution is -0.140. The molecule has 116 valence electrons. The molecule has 4 N–H and O–H groups in total. The van der Waals surface area contributed by atoms with Crippen LogP contribution in [0.15, 0.2) is 0 Å². The minimum Gasteiger partial charge on any atom is -0.480 e. The van der Waals surface area contributed by atoms with Crippen molar-refractivity contribution in [1.82, 2.24) is 5.32 Å². The normalized spacial score (nSPS) is 20.1. The molecule has 0 bridgehead atoms. The number of amides is 1. The maximum absolute atomic E-state index is 11.9. The predicted octanol–water partition coefficient (Wildman–Crippen LogP) is 1.73. The highest BCUT2D eigenvalue weighted by molar-refractivity contribution is 5.76. The van der Waals surface area contributed by atoms with Crippen LogP contribution in [-0.2, 0) is 9.53 Å². The molecule has 1 fully saturated rings. The summed E-state index contributed by atoms with van der Waals surface area (Å²) in [4.78, 5) is 23.1. The molecular weight excluding hydrogens is 260 g/mol. The summed E-state index contributed by atoms with van der Waals surface area (Å²) in [6, 6.07) is -1.27. The van der Waals surface area contributed by atoms with Gasteiger partial charge >= 0.3 is 12.1 Å². The zero-order valence-corrected chi connectivity index (χ0v) is 12.9. The molecular formula is C14H26N2O4. The quantitative estimate of drug-likeness (QED) is 0.714. The summed E-state index contributed by atoms with van der Waals surface area (Å²) in [7, 11) is 0. The van der Waals surface area contributed by atoms with E-state index in [1.807, 2.05) is 13.8 Å². The molecule has 6 heteroatoms. The number of aliphatic carboxylic acids is 1. The average molecular weight is 286 g/mol. The van der Waals surface area contributed by atoms with E-state index in [0.717, 1.165) is 0 Å². The van der Waals surface area contributed by atoms with E-state index in [9.17, 15) is 9.59 Å². The van der Waals surface area contributed by atoms with Gasteiger partial charge < -0.3 is 20.9 Å². The number of carboxylic acid groups (broad SMARTS) is 1. The first kappa shape index (κ1) is 16.8. The van der Waals surface area contributed by atoms with Crippen molar-refractivity contribution in [1.29, 1.82) is 0 Å². The van der Waals surface area contributed by atoms with Gasteiger partial charge in [0.2, 0.25) is 0 Å². The van der Waals surface area contributed by atoms with Crippen LogP contribution in [0.4, 0.5) is 4.79 Å². The molecule has 1 aliphatic carbocycles. The highest BCUT2D eigenvalue weighted by Gasteiger charge is 2.57. The molecule has 0 heterocycles. The van der Waals surface area contributed by atoms with Crippen LogP contribution >= 0.6 is 0 Å². The molecule has 0 aliphatic heterocycles. The first-order valence-electron chi connectivity index (χ1n) is 6.97. The molecule has 2 unspecified atom stereocenters. The van der Waals surface area contributed by atoms with E-state index in [4.69, 9.17) is 15.6 Å². The smallest absolute Gasteiger partial charge is 0.407 e. The molecule has 0 aromatic rings. The second-order valence-corrected chi connectivity index (χ2v) is 6.92. The molecule has 0 spiro atoms. The molecule has 0 radical (unpaired) electrons. The Balaban J connectivity index is 2.81. The van der Waals surface area contributed by atoms with Crippen LogP contribution in [0.2, 0.25) is 0 Å². The van der Waals surface area contributed by atoms with Crippen molar-refractivity contribution in [3.8, 4) is 0 Å². The molecule has 1 aliphatic rings. The largest absolute Gasteiger partial charge is 0.480 e. The molecule has 0 saturated heterocycles. The van der Waals surface area contributed by atoms with Gasteiger partial charge in [-0.15, -0.1) is 0 Å². The van der Waals surface area contributed by atoms with Crippen molar-refractivity contribution in [3.05, 3.63) is 0 Å². The van der Waals surface area contributed by atoms with Crippen molar-refractivity contribution in [2.45, 2.75) is 65.1 Å². The lowest BCUT2D eigenvalue weighted by Crippen LogP contribution is -2.55. The summed E-state index contributed by atoms with van der Waals surface area (Å²) in [5.74, 6) is -0.949. The van der Waals surface area contributed by atoms with E-state index in [1.54, 1.807) is 20.8 Å². The van der Waals surface area contributed by atoms with Crippen LogP contribution in [0, 0.1) is 11.3 Å². The van der Waals surface area contributed by atoms with Gasteiger partial charge in [-0.1, -0.05) is 13.8 Å². The Labute approximate surface area is 120 Å². The summed E-state index contributed by atoms with van der Waals surface area (Å²) in [5.41, 5.74) is 4.66. The fraction of sp³-hybridized carbons (Fsp3) is 0.857. The van der Waals surface area contributed by atoms with Crippen LogP contribution in [0.3, 0.4) is 0 Å². The monoisotopic (exact) mass is 286 g/mol. The summed E-state index contributed by atoms with van der Waals surface area (Å²) in [6.07, 6.45) is 0.887. The number of ether oxygens (including phenoxy) is 1. The highest BCUT2D eigenvalue weighted by Crippen LogP contribution is 2.53. The second kappa shape index (κ2) is 5.60. The van der Waals surface area contributed by atoms with Gasteiger partial charge in [0.1, 0.15) is 11.6 Å². The number of carbonyl (C=O) groups excluding carboxylic acids is 1. The van der Waals surface area contributed by atoms with Crippen molar-refractivity contribution < 1.29 is 19.4 Å². The summed E-state index contributed by atoms with van der Waals surface area (Å²) < 4.78 is 5.24. The van der Waals surface area contributed by atoms with Gasteiger partial charge in [0.15, 0.2) is 0 Å². The van der Waals surface area contributed by atoms with Crippen molar-refractivity contribution in [2.75, 3.05) is 0 Å². The number of alkyl carbamates (subject to hydrolysis) is 1. The number of hydrogen-bond acceptors (Lipinski definition) is 4. The number of rotatable bonds is 5. The van der Waals surface area contributed by atoms with Gasteiger partial charge in [-0.25, -0.2) is 4.79 Å². The van der Waals surface area contributed by atoms with Crippen molar-refractivity contribution >= 4 is 12.1 Å². The fourth-order valence-electron chi connectivity index (χ4n) is 2.61. The molecule has 20 heavy (non-hydrogen) atoms. The standard InChI is InChI=1S/C14H26N2O4/c1-8(2)10(16-12(19)20-13(3,4)5)14(6-7-14)9(15)11(17)18/h8-10H,6-7,15H2,1-5H3,(H,16,19)(H,17,18). The molecule has 1 saturated carbocycles. The Hall–Kier alpha value is -1.30. The average Bonchev–Trinajstić information content (AvgIpc) is 3.03. The van der Waals surface area contributed by atoms with Gasteiger partial charge in [0.25, 0.3) is 0 Å². The number of carbonyl (C=O) groups is 2. The van der Waals surface area contributed by atoms with Crippen LogP contribution in [-0.4, -0.2) is 34.9 Å². The first-order valence-corrected chi connectivity index (χ1v) is 6.97.